The van der Waals surface area contributed by atoms with E-state index in [-0.39, 0.29) is 31.1 Å². The minimum Gasteiger partial charge on any atom is -0.466 e. The highest BCUT2D eigenvalue weighted by atomic mass is 19.1. The summed E-state index contributed by atoms with van der Waals surface area (Å²) in [6.45, 7) is 5.33. The standard InChI is InChI=1S/C19H22FNO5/c1-4-25-17(23)19(2,3)9-5-6-13-7-8-14(10-16(13)20)21-11-15(12-22)26-18(21)24/h7-8,10,15,22H,4,9,11-12H2,1-3H3/t15-/m1/s1. The first-order chi connectivity index (χ1) is 12.3. The summed E-state index contributed by atoms with van der Waals surface area (Å²) < 4.78 is 24.2. The average molecular weight is 363 g/mol. The predicted octanol–water partition coefficient (Wildman–Crippen LogP) is 2.47. The zero-order valence-corrected chi connectivity index (χ0v) is 15.0. The normalized spacial score (nSPS) is 16.7. The molecule has 1 atom stereocenters. The highest BCUT2D eigenvalue weighted by Crippen LogP contribution is 2.24. The van der Waals surface area contributed by atoms with Gasteiger partial charge in [0.2, 0.25) is 0 Å². The van der Waals surface area contributed by atoms with Crippen LogP contribution in [0.2, 0.25) is 0 Å². The van der Waals surface area contributed by atoms with E-state index in [1.165, 1.54) is 17.0 Å². The number of aliphatic hydroxyl groups is 1. The predicted molar refractivity (Wildman–Crippen MR) is 93.0 cm³/mol. The van der Waals surface area contributed by atoms with Crippen molar-refractivity contribution in [1.82, 2.24) is 0 Å². The molecule has 0 bridgehead atoms. The smallest absolute Gasteiger partial charge is 0.414 e. The van der Waals surface area contributed by atoms with Crippen LogP contribution in [0.5, 0.6) is 0 Å². The molecule has 1 aliphatic heterocycles. The van der Waals surface area contributed by atoms with E-state index < -0.39 is 23.4 Å². The Morgan fingerprint density at radius 2 is 2.23 bits per heavy atom. The van der Waals surface area contributed by atoms with Crippen molar-refractivity contribution >= 4 is 17.7 Å². The first-order valence-corrected chi connectivity index (χ1v) is 8.33. The van der Waals surface area contributed by atoms with Crippen LogP contribution in [0.25, 0.3) is 0 Å². The molecule has 0 radical (unpaired) electrons. The summed E-state index contributed by atoms with van der Waals surface area (Å²) in [7, 11) is 0. The van der Waals surface area contributed by atoms with Crippen molar-refractivity contribution < 1.29 is 28.6 Å². The van der Waals surface area contributed by atoms with Gasteiger partial charge in [0, 0.05) is 6.42 Å². The molecule has 1 aromatic rings. The number of halogens is 1. The van der Waals surface area contributed by atoms with E-state index in [1.807, 2.05) is 0 Å². The molecule has 1 N–H and O–H groups in total. The van der Waals surface area contributed by atoms with Gasteiger partial charge in [0.1, 0.15) is 11.9 Å². The largest absolute Gasteiger partial charge is 0.466 e. The first-order valence-electron chi connectivity index (χ1n) is 8.33. The second-order valence-corrected chi connectivity index (χ2v) is 6.55. The fraction of sp³-hybridized carbons (Fsp3) is 0.474. The topological polar surface area (TPSA) is 76.1 Å². The lowest BCUT2D eigenvalue weighted by molar-refractivity contribution is -0.153. The van der Waals surface area contributed by atoms with E-state index in [9.17, 15) is 14.0 Å². The van der Waals surface area contributed by atoms with Crippen molar-refractivity contribution in [3.63, 3.8) is 0 Å². The second kappa shape index (κ2) is 8.19. The third kappa shape index (κ3) is 4.52. The lowest BCUT2D eigenvalue weighted by Gasteiger charge is -2.18. The fourth-order valence-corrected chi connectivity index (χ4v) is 2.36. The molecule has 1 saturated heterocycles. The van der Waals surface area contributed by atoms with Gasteiger partial charge in [-0.05, 0) is 39.0 Å². The molecule has 1 amide bonds. The highest BCUT2D eigenvalue weighted by molar-refractivity contribution is 5.89. The monoisotopic (exact) mass is 363 g/mol. The molecule has 1 fully saturated rings. The van der Waals surface area contributed by atoms with Crippen molar-refractivity contribution in [2.45, 2.75) is 33.3 Å². The van der Waals surface area contributed by atoms with Crippen LogP contribution >= 0.6 is 0 Å². The number of hydrogen-bond donors (Lipinski definition) is 1. The maximum atomic E-state index is 14.3. The molecule has 6 nitrogen and oxygen atoms in total. The van der Waals surface area contributed by atoms with E-state index in [1.54, 1.807) is 26.8 Å². The Bertz CT molecular complexity index is 750. The summed E-state index contributed by atoms with van der Waals surface area (Å²) in [4.78, 5) is 24.8. The molecular formula is C19H22FNO5. The number of aliphatic hydroxyl groups excluding tert-OH is 1. The number of cyclic esters (lactones) is 1. The summed E-state index contributed by atoms with van der Waals surface area (Å²) in [5.41, 5.74) is -0.279. The molecule has 2 rings (SSSR count). The van der Waals surface area contributed by atoms with Gasteiger partial charge in [-0.15, -0.1) is 0 Å². The molecular weight excluding hydrogens is 341 g/mol. The number of carbonyl (C=O) groups is 2. The molecule has 0 spiro atoms. The number of hydrogen-bond acceptors (Lipinski definition) is 5. The van der Waals surface area contributed by atoms with Gasteiger partial charge in [-0.2, -0.15) is 0 Å². The van der Waals surface area contributed by atoms with Crippen LogP contribution in [-0.4, -0.2) is 43.0 Å². The Kier molecular flexibility index (Phi) is 6.22. The molecule has 140 valence electrons. The Morgan fingerprint density at radius 3 is 2.81 bits per heavy atom. The minimum atomic E-state index is -0.780. The van der Waals surface area contributed by atoms with Gasteiger partial charge >= 0.3 is 12.1 Å². The average Bonchev–Trinajstić information content (AvgIpc) is 2.97. The Balaban J connectivity index is 2.09. The molecule has 26 heavy (non-hydrogen) atoms. The van der Waals surface area contributed by atoms with Gasteiger partial charge in [-0.1, -0.05) is 11.8 Å². The van der Waals surface area contributed by atoms with Gasteiger partial charge < -0.3 is 14.6 Å². The Hall–Kier alpha value is -2.59. The van der Waals surface area contributed by atoms with Gasteiger partial charge in [0.05, 0.1) is 36.4 Å². The van der Waals surface area contributed by atoms with Crippen LogP contribution in [-0.2, 0) is 14.3 Å². The number of carbonyl (C=O) groups excluding carboxylic acids is 2. The van der Waals surface area contributed by atoms with Crippen LogP contribution in [0.15, 0.2) is 18.2 Å². The molecule has 0 aliphatic carbocycles. The number of benzene rings is 1. The number of nitrogens with zero attached hydrogens (tertiary/aromatic N) is 1. The third-order valence-corrected chi connectivity index (χ3v) is 3.92. The van der Waals surface area contributed by atoms with Crippen molar-refractivity contribution in [3.8, 4) is 11.8 Å². The number of ether oxygens (including phenoxy) is 2. The van der Waals surface area contributed by atoms with Crippen molar-refractivity contribution in [1.29, 1.82) is 0 Å². The zero-order valence-electron chi connectivity index (χ0n) is 15.0. The number of rotatable bonds is 5. The van der Waals surface area contributed by atoms with Gasteiger partial charge in [0.15, 0.2) is 0 Å². The Morgan fingerprint density at radius 1 is 1.50 bits per heavy atom. The summed E-state index contributed by atoms with van der Waals surface area (Å²) >= 11 is 0. The van der Waals surface area contributed by atoms with Crippen molar-refractivity contribution in [2.75, 3.05) is 24.7 Å². The Labute approximate surface area is 151 Å². The van der Waals surface area contributed by atoms with Crippen LogP contribution in [0.3, 0.4) is 0 Å². The van der Waals surface area contributed by atoms with Crippen LogP contribution < -0.4 is 4.90 Å². The fourth-order valence-electron chi connectivity index (χ4n) is 2.36. The summed E-state index contributed by atoms with van der Waals surface area (Å²) in [5.74, 6) is 4.58. The summed E-state index contributed by atoms with van der Waals surface area (Å²) in [6.07, 6.45) is -1.02. The third-order valence-electron chi connectivity index (χ3n) is 3.92. The van der Waals surface area contributed by atoms with E-state index in [0.717, 1.165) is 0 Å². The van der Waals surface area contributed by atoms with Gasteiger partial charge in [0.25, 0.3) is 0 Å². The first kappa shape index (κ1) is 19.7. The summed E-state index contributed by atoms with van der Waals surface area (Å²) in [6, 6.07) is 4.22. The SMILES string of the molecule is CCOC(=O)C(C)(C)CC#Cc1ccc(N2C[C@H](CO)OC2=O)cc1F. The molecule has 0 aromatic heterocycles. The molecule has 1 aromatic carbocycles. The van der Waals surface area contributed by atoms with Crippen LogP contribution in [0, 0.1) is 23.1 Å². The second-order valence-electron chi connectivity index (χ2n) is 6.55. The molecule has 1 heterocycles. The molecule has 0 unspecified atom stereocenters. The van der Waals surface area contributed by atoms with Crippen LogP contribution in [0.1, 0.15) is 32.8 Å². The minimum absolute atomic E-state index is 0.160. The quantitative estimate of drug-likeness (QED) is 0.642. The van der Waals surface area contributed by atoms with E-state index in [4.69, 9.17) is 14.6 Å². The molecule has 7 heteroatoms. The van der Waals surface area contributed by atoms with Gasteiger partial charge in [-0.25, -0.2) is 9.18 Å². The lowest BCUT2D eigenvalue weighted by Crippen LogP contribution is -2.26. The van der Waals surface area contributed by atoms with Crippen LogP contribution in [0.4, 0.5) is 14.9 Å². The molecule has 0 saturated carbocycles. The van der Waals surface area contributed by atoms with Gasteiger partial charge in [-0.3, -0.25) is 9.69 Å². The van der Waals surface area contributed by atoms with Crippen molar-refractivity contribution in [2.24, 2.45) is 5.41 Å². The number of anilines is 1. The number of amides is 1. The zero-order chi connectivity index (χ0) is 19.3. The van der Waals surface area contributed by atoms with E-state index in [2.05, 4.69) is 11.8 Å². The lowest BCUT2D eigenvalue weighted by atomic mass is 9.90. The van der Waals surface area contributed by atoms with Crippen molar-refractivity contribution in [3.05, 3.63) is 29.6 Å². The maximum Gasteiger partial charge on any atom is 0.414 e. The molecule has 1 aliphatic rings. The highest BCUT2D eigenvalue weighted by Gasteiger charge is 2.32. The summed E-state index contributed by atoms with van der Waals surface area (Å²) in [5, 5.41) is 9.05. The maximum absolute atomic E-state index is 14.3. The van der Waals surface area contributed by atoms with E-state index in [0.29, 0.717) is 12.3 Å². The number of esters is 1. The van der Waals surface area contributed by atoms with E-state index >= 15 is 0 Å².